The molecule has 1 aromatic rings. The minimum absolute atomic E-state index is 0. The van der Waals surface area contributed by atoms with Gasteiger partial charge in [-0.2, -0.15) is 0 Å². The van der Waals surface area contributed by atoms with Crippen molar-refractivity contribution in [3.05, 3.63) is 39.2 Å². The Kier molecular flexibility index (Phi) is 4.40. The molecule has 1 atom stereocenters. The summed E-state index contributed by atoms with van der Waals surface area (Å²) in [6, 6.07) is 8.07. The third-order valence-corrected chi connectivity index (χ3v) is 4.64. The molecule has 3 aliphatic rings. The predicted molar refractivity (Wildman–Crippen MR) is 100 cm³/mol. The van der Waals surface area contributed by atoms with Gasteiger partial charge < -0.3 is 5.32 Å². The number of hydrogen-bond acceptors (Lipinski definition) is 4. The summed E-state index contributed by atoms with van der Waals surface area (Å²) >= 11 is 3.43. The van der Waals surface area contributed by atoms with Crippen LogP contribution in [0.1, 0.15) is 13.8 Å². The quantitative estimate of drug-likeness (QED) is 0.704. The van der Waals surface area contributed by atoms with Crippen LogP contribution < -0.4 is 11.0 Å². The summed E-state index contributed by atoms with van der Waals surface area (Å²) in [5.74, 6) is 2.06. The molecule has 1 aromatic carbocycles. The van der Waals surface area contributed by atoms with Gasteiger partial charge in [0.25, 0.3) is 0 Å². The van der Waals surface area contributed by atoms with Gasteiger partial charge in [0.1, 0.15) is 11.5 Å². The normalized spacial score (nSPS) is 15.9. The van der Waals surface area contributed by atoms with Crippen molar-refractivity contribution >= 4 is 34.2 Å². The lowest BCUT2D eigenvalue weighted by Gasteiger charge is -2.12. The molecule has 8 heteroatoms. The second-order valence-corrected chi connectivity index (χ2v) is 6.67. The van der Waals surface area contributed by atoms with Gasteiger partial charge in [-0.15, -0.1) is 12.4 Å². The fourth-order valence-corrected chi connectivity index (χ4v) is 3.29. The van der Waals surface area contributed by atoms with E-state index in [-0.39, 0.29) is 24.1 Å². The smallest absolute Gasteiger partial charge is 0.331 e. The highest BCUT2D eigenvalue weighted by Crippen LogP contribution is 2.32. The van der Waals surface area contributed by atoms with Crippen LogP contribution in [0.15, 0.2) is 33.5 Å². The SMILES string of the molecule is CCn1c2nc(-c3ccc(Br)cc3)nc-2c2n(c1=O)CC(C)N2.Cl. The molecule has 0 amide bonds. The van der Waals surface area contributed by atoms with Crippen LogP contribution in [-0.2, 0) is 13.1 Å². The van der Waals surface area contributed by atoms with E-state index in [1.165, 1.54) is 0 Å². The highest BCUT2D eigenvalue weighted by Gasteiger charge is 2.29. The van der Waals surface area contributed by atoms with Crippen LogP contribution >= 0.6 is 28.3 Å². The van der Waals surface area contributed by atoms with E-state index < -0.39 is 0 Å². The van der Waals surface area contributed by atoms with E-state index in [9.17, 15) is 4.79 Å². The highest BCUT2D eigenvalue weighted by atomic mass is 79.9. The standard InChI is InChI=1S/C16H16BrN5O.ClH/c1-3-21-15-12(14-18-9(2)8-22(14)16(21)23)19-13(20-15)10-4-6-11(17)7-5-10;/h4-7,9,18H,3,8H2,1-2H3;1H. The van der Waals surface area contributed by atoms with Gasteiger partial charge in [0.2, 0.25) is 0 Å². The molecule has 0 saturated heterocycles. The fraction of sp³-hybridized carbons (Fsp3) is 0.312. The van der Waals surface area contributed by atoms with E-state index in [0.29, 0.717) is 24.7 Å². The van der Waals surface area contributed by atoms with E-state index in [1.54, 1.807) is 9.13 Å². The van der Waals surface area contributed by atoms with Gasteiger partial charge >= 0.3 is 5.69 Å². The van der Waals surface area contributed by atoms with Crippen LogP contribution in [0.2, 0.25) is 0 Å². The first-order valence-corrected chi connectivity index (χ1v) is 8.41. The van der Waals surface area contributed by atoms with E-state index in [4.69, 9.17) is 4.98 Å². The molecule has 24 heavy (non-hydrogen) atoms. The molecule has 0 fully saturated rings. The molecular weight excluding hydrogens is 394 g/mol. The lowest BCUT2D eigenvalue weighted by Crippen LogP contribution is -2.31. The minimum Gasteiger partial charge on any atom is -0.365 e. The number of hydrogen-bond donors (Lipinski definition) is 1. The maximum atomic E-state index is 12.7. The third kappa shape index (κ3) is 2.52. The molecule has 0 saturated carbocycles. The van der Waals surface area contributed by atoms with Crippen LogP contribution in [0.25, 0.3) is 22.9 Å². The predicted octanol–water partition coefficient (Wildman–Crippen LogP) is 3.23. The lowest BCUT2D eigenvalue weighted by molar-refractivity contribution is 0.597. The monoisotopic (exact) mass is 409 g/mol. The van der Waals surface area contributed by atoms with Crippen molar-refractivity contribution in [1.82, 2.24) is 19.1 Å². The fourth-order valence-electron chi connectivity index (χ4n) is 3.02. The van der Waals surface area contributed by atoms with Crippen molar-refractivity contribution in [2.75, 3.05) is 5.32 Å². The topological polar surface area (TPSA) is 64.7 Å². The molecule has 6 nitrogen and oxygen atoms in total. The van der Waals surface area contributed by atoms with Gasteiger partial charge in [0.15, 0.2) is 11.6 Å². The lowest BCUT2D eigenvalue weighted by atomic mass is 10.2. The summed E-state index contributed by atoms with van der Waals surface area (Å²) < 4.78 is 4.46. The van der Waals surface area contributed by atoms with Crippen LogP contribution in [0.3, 0.4) is 0 Å². The summed E-state index contributed by atoms with van der Waals surface area (Å²) in [7, 11) is 0. The van der Waals surface area contributed by atoms with Gasteiger partial charge in [-0.25, -0.2) is 14.8 Å². The van der Waals surface area contributed by atoms with E-state index in [2.05, 4.69) is 33.2 Å². The molecule has 1 N–H and O–H groups in total. The number of benzene rings is 1. The van der Waals surface area contributed by atoms with Crippen molar-refractivity contribution in [1.29, 1.82) is 0 Å². The molecular formula is C16H17BrClN5O. The van der Waals surface area contributed by atoms with Gasteiger partial charge in [0, 0.05) is 29.2 Å². The zero-order valence-electron chi connectivity index (χ0n) is 13.3. The molecule has 4 rings (SSSR count). The van der Waals surface area contributed by atoms with Crippen LogP contribution in [0.5, 0.6) is 0 Å². The van der Waals surface area contributed by atoms with Gasteiger partial charge in [-0.05, 0) is 26.0 Å². The third-order valence-electron chi connectivity index (χ3n) is 4.11. The van der Waals surface area contributed by atoms with Crippen molar-refractivity contribution in [3.63, 3.8) is 0 Å². The second kappa shape index (κ2) is 6.22. The molecule has 126 valence electrons. The largest absolute Gasteiger partial charge is 0.365 e. The zero-order chi connectivity index (χ0) is 16.1. The summed E-state index contributed by atoms with van der Waals surface area (Å²) in [6.07, 6.45) is 0. The van der Waals surface area contributed by atoms with Gasteiger partial charge in [0.05, 0.1) is 0 Å². The number of anilines is 1. The minimum atomic E-state index is -0.0332. The Bertz CT molecular complexity index is 918. The number of fused-ring (bicyclic) bond motifs is 3. The first-order chi connectivity index (χ1) is 11.1. The Morgan fingerprint density at radius 2 is 2.00 bits per heavy atom. The van der Waals surface area contributed by atoms with Crippen LogP contribution in [0.4, 0.5) is 5.82 Å². The maximum Gasteiger partial charge on any atom is 0.331 e. The Morgan fingerprint density at radius 1 is 1.29 bits per heavy atom. The average Bonchev–Trinajstić information content (AvgIpc) is 3.12. The van der Waals surface area contributed by atoms with Crippen molar-refractivity contribution in [2.24, 2.45) is 0 Å². The number of nitrogens with zero attached hydrogens (tertiary/aromatic N) is 4. The Labute approximate surface area is 153 Å². The van der Waals surface area contributed by atoms with Gasteiger partial charge in [-0.3, -0.25) is 9.13 Å². The second-order valence-electron chi connectivity index (χ2n) is 5.76. The average molecular weight is 411 g/mol. The molecule has 1 unspecified atom stereocenters. The summed E-state index contributed by atoms with van der Waals surface area (Å²) in [5, 5.41) is 3.35. The van der Waals surface area contributed by atoms with E-state index in [0.717, 1.165) is 21.5 Å². The molecule has 3 heterocycles. The Morgan fingerprint density at radius 3 is 2.67 bits per heavy atom. The van der Waals surface area contributed by atoms with E-state index >= 15 is 0 Å². The Balaban J connectivity index is 0.00000169. The summed E-state index contributed by atoms with van der Waals surface area (Å²) in [6.45, 7) is 5.24. The first-order valence-electron chi connectivity index (χ1n) is 7.62. The molecule has 0 radical (unpaired) electrons. The number of halogens is 2. The summed E-state index contributed by atoms with van der Waals surface area (Å²) in [5.41, 5.74) is 1.66. The number of aromatic nitrogens is 4. The van der Waals surface area contributed by atoms with Gasteiger partial charge in [-0.1, -0.05) is 28.1 Å². The first kappa shape index (κ1) is 17.0. The Hall–Kier alpha value is -1.86. The molecule has 3 aliphatic heterocycles. The number of nitrogens with one attached hydrogen (secondary N) is 1. The van der Waals surface area contributed by atoms with Crippen LogP contribution in [0, 0.1) is 0 Å². The van der Waals surface area contributed by atoms with Crippen LogP contribution in [-0.4, -0.2) is 25.1 Å². The zero-order valence-corrected chi connectivity index (χ0v) is 15.7. The molecule has 0 spiro atoms. The molecule has 0 aliphatic carbocycles. The number of rotatable bonds is 2. The van der Waals surface area contributed by atoms with Crippen molar-refractivity contribution in [3.8, 4) is 22.9 Å². The summed E-state index contributed by atoms with van der Waals surface area (Å²) in [4.78, 5) is 22.0. The molecule has 0 bridgehead atoms. The molecule has 0 aromatic heterocycles. The van der Waals surface area contributed by atoms with Crippen molar-refractivity contribution in [2.45, 2.75) is 33.0 Å². The van der Waals surface area contributed by atoms with Crippen molar-refractivity contribution < 1.29 is 0 Å². The van der Waals surface area contributed by atoms with E-state index in [1.807, 2.05) is 31.2 Å². The highest BCUT2D eigenvalue weighted by molar-refractivity contribution is 9.10. The number of imidazole rings is 1. The maximum absolute atomic E-state index is 12.7.